The highest BCUT2D eigenvalue weighted by Gasteiger charge is 2.12. The maximum Gasteiger partial charge on any atom is 0.191 e. The molecule has 0 N–H and O–H groups in total. The van der Waals surface area contributed by atoms with Gasteiger partial charge >= 0.3 is 0 Å². The van der Waals surface area contributed by atoms with Crippen molar-refractivity contribution < 1.29 is 14.3 Å². The molecular weight excluding hydrogens is 386 g/mol. The van der Waals surface area contributed by atoms with Gasteiger partial charge in [0.15, 0.2) is 16.7 Å². The molecule has 29 heavy (non-hydrogen) atoms. The van der Waals surface area contributed by atoms with E-state index < -0.39 is 0 Å². The first-order valence-electron chi connectivity index (χ1n) is 9.68. The Morgan fingerprint density at radius 3 is 2.59 bits per heavy atom. The fraction of sp³-hybridized carbons (Fsp3) is 0.318. The van der Waals surface area contributed by atoms with Crippen LogP contribution in [0, 0.1) is 0 Å². The van der Waals surface area contributed by atoms with E-state index in [1.54, 1.807) is 30.0 Å². The average Bonchev–Trinajstić information content (AvgIpc) is 3.14. The molecule has 1 heterocycles. The van der Waals surface area contributed by atoms with Gasteiger partial charge in [-0.25, -0.2) is 0 Å². The van der Waals surface area contributed by atoms with Crippen molar-refractivity contribution in [2.45, 2.75) is 32.0 Å². The van der Waals surface area contributed by atoms with E-state index >= 15 is 0 Å². The lowest BCUT2D eigenvalue weighted by molar-refractivity contribution is 0.112. The first-order chi connectivity index (χ1) is 14.2. The van der Waals surface area contributed by atoms with Crippen LogP contribution in [-0.4, -0.2) is 40.0 Å². The van der Waals surface area contributed by atoms with Crippen molar-refractivity contribution in [1.29, 1.82) is 0 Å². The number of carbonyl (C=O) groups excluding carboxylic acids is 1. The molecule has 3 rings (SSSR count). The minimum atomic E-state index is 0.496. The molecule has 3 aromatic rings. The predicted molar refractivity (Wildman–Crippen MR) is 114 cm³/mol. The van der Waals surface area contributed by atoms with Gasteiger partial charge in [0, 0.05) is 24.3 Å². The van der Waals surface area contributed by atoms with Crippen LogP contribution in [0.25, 0.3) is 0 Å². The maximum atomic E-state index is 11.0. The van der Waals surface area contributed by atoms with Crippen LogP contribution >= 0.6 is 11.8 Å². The largest absolute Gasteiger partial charge is 0.490 e. The van der Waals surface area contributed by atoms with E-state index in [2.05, 4.69) is 33.8 Å². The van der Waals surface area contributed by atoms with Crippen LogP contribution in [0.4, 0.5) is 0 Å². The Labute approximate surface area is 175 Å². The zero-order chi connectivity index (χ0) is 20.5. The second-order valence-electron chi connectivity index (χ2n) is 6.26. The third kappa shape index (κ3) is 5.60. The van der Waals surface area contributed by atoms with Crippen molar-refractivity contribution in [2.75, 3.05) is 19.0 Å². The third-order valence-electron chi connectivity index (χ3n) is 4.29. The zero-order valence-electron chi connectivity index (χ0n) is 16.7. The van der Waals surface area contributed by atoms with Crippen LogP contribution < -0.4 is 9.47 Å². The normalized spacial score (nSPS) is 10.7. The molecule has 0 saturated heterocycles. The van der Waals surface area contributed by atoms with Gasteiger partial charge in [-0.05, 0) is 37.6 Å². The molecule has 1 aromatic heterocycles. The lowest BCUT2D eigenvalue weighted by Gasteiger charge is -2.12. The van der Waals surface area contributed by atoms with Gasteiger partial charge in [-0.3, -0.25) is 4.79 Å². The van der Waals surface area contributed by atoms with E-state index in [1.165, 1.54) is 5.56 Å². The summed E-state index contributed by atoms with van der Waals surface area (Å²) in [5.41, 5.74) is 1.79. The molecule has 2 aromatic carbocycles. The summed E-state index contributed by atoms with van der Waals surface area (Å²) in [5, 5.41) is 9.62. The van der Waals surface area contributed by atoms with Crippen LogP contribution in [0.5, 0.6) is 11.5 Å². The quantitative estimate of drug-likeness (QED) is 0.267. The van der Waals surface area contributed by atoms with Crippen molar-refractivity contribution in [3.05, 3.63) is 65.5 Å². The molecule has 0 spiro atoms. The summed E-state index contributed by atoms with van der Waals surface area (Å²) in [6.45, 7) is 5.83. The Bertz CT molecular complexity index is 928. The van der Waals surface area contributed by atoms with Crippen LogP contribution in [0.3, 0.4) is 0 Å². The van der Waals surface area contributed by atoms with E-state index in [1.807, 2.05) is 25.1 Å². The van der Waals surface area contributed by atoms with Crippen molar-refractivity contribution in [2.24, 2.45) is 0 Å². The van der Waals surface area contributed by atoms with E-state index in [4.69, 9.17) is 9.47 Å². The summed E-state index contributed by atoms with van der Waals surface area (Å²) in [6, 6.07) is 15.5. The van der Waals surface area contributed by atoms with Gasteiger partial charge in [-0.2, -0.15) is 0 Å². The molecule has 0 atom stereocenters. The number of thioether (sulfide) groups is 1. The van der Waals surface area contributed by atoms with Crippen molar-refractivity contribution >= 4 is 18.0 Å². The molecule has 0 aliphatic carbocycles. The zero-order valence-corrected chi connectivity index (χ0v) is 17.5. The second-order valence-corrected chi connectivity index (χ2v) is 7.32. The Balaban J connectivity index is 1.58. The first kappa shape index (κ1) is 20.9. The smallest absolute Gasteiger partial charge is 0.191 e. The van der Waals surface area contributed by atoms with Crippen molar-refractivity contribution in [3.63, 3.8) is 0 Å². The summed E-state index contributed by atoms with van der Waals surface area (Å²) in [6.07, 6.45) is 1.56. The molecule has 7 heteroatoms. The number of ether oxygens (including phenoxy) is 2. The van der Waals surface area contributed by atoms with Crippen LogP contribution in [0.15, 0.2) is 53.7 Å². The van der Waals surface area contributed by atoms with Crippen molar-refractivity contribution in [3.8, 4) is 11.5 Å². The van der Waals surface area contributed by atoms with E-state index in [0.29, 0.717) is 30.3 Å². The van der Waals surface area contributed by atoms with Crippen LogP contribution in [0.1, 0.15) is 35.6 Å². The average molecular weight is 412 g/mol. The summed E-state index contributed by atoms with van der Waals surface area (Å²) >= 11 is 1.62. The summed E-state index contributed by atoms with van der Waals surface area (Å²) in [4.78, 5) is 11.0. The molecular formula is C22H25N3O3S. The van der Waals surface area contributed by atoms with Gasteiger partial charge < -0.3 is 14.0 Å². The molecule has 0 amide bonds. The number of aldehydes is 1. The van der Waals surface area contributed by atoms with Gasteiger partial charge in [0.2, 0.25) is 0 Å². The highest BCUT2D eigenvalue weighted by atomic mass is 32.2. The van der Waals surface area contributed by atoms with Gasteiger partial charge in [0.25, 0.3) is 0 Å². The van der Waals surface area contributed by atoms with E-state index in [-0.39, 0.29) is 0 Å². The Morgan fingerprint density at radius 2 is 1.86 bits per heavy atom. The predicted octanol–water partition coefficient (Wildman–Crippen LogP) is 4.27. The molecule has 0 unspecified atom stereocenters. The topological polar surface area (TPSA) is 66.2 Å². The van der Waals surface area contributed by atoms with Gasteiger partial charge in [0.05, 0.1) is 13.2 Å². The van der Waals surface area contributed by atoms with Gasteiger partial charge in [0.1, 0.15) is 12.1 Å². The number of hydrogen-bond donors (Lipinski definition) is 0. The number of carbonyl (C=O) groups is 1. The lowest BCUT2D eigenvalue weighted by atomic mass is 10.1. The minimum Gasteiger partial charge on any atom is -0.490 e. The molecule has 6 nitrogen and oxygen atoms in total. The summed E-state index contributed by atoms with van der Waals surface area (Å²) in [7, 11) is 0. The van der Waals surface area contributed by atoms with Gasteiger partial charge in [-0.1, -0.05) is 42.1 Å². The molecule has 0 bridgehead atoms. The minimum absolute atomic E-state index is 0.496. The maximum absolute atomic E-state index is 11.0. The Morgan fingerprint density at radius 1 is 1.03 bits per heavy atom. The Hall–Kier alpha value is -2.80. The molecule has 152 valence electrons. The number of hydrogen-bond acceptors (Lipinski definition) is 6. The van der Waals surface area contributed by atoms with Gasteiger partial charge in [-0.15, -0.1) is 10.2 Å². The monoisotopic (exact) mass is 411 g/mol. The standard InChI is InChI=1S/C22H25N3O3S/c1-3-25-21(15-17-8-6-5-7-9-17)23-24-22(25)29-13-12-28-19-11-10-18(16-26)14-20(19)27-4-2/h5-11,14,16H,3-4,12-13,15H2,1-2H3. The first-order valence-corrected chi connectivity index (χ1v) is 10.7. The number of rotatable bonds is 11. The second kappa shape index (κ2) is 10.7. The summed E-state index contributed by atoms with van der Waals surface area (Å²) < 4.78 is 13.6. The Kier molecular flexibility index (Phi) is 7.69. The highest BCUT2D eigenvalue weighted by Crippen LogP contribution is 2.28. The molecule has 0 aliphatic rings. The number of benzene rings is 2. The molecule has 0 radical (unpaired) electrons. The SMILES string of the molecule is CCOc1cc(C=O)ccc1OCCSc1nnc(Cc2ccccc2)n1CC. The number of aromatic nitrogens is 3. The van der Waals surface area contributed by atoms with E-state index in [0.717, 1.165) is 36.0 Å². The fourth-order valence-electron chi connectivity index (χ4n) is 2.92. The third-order valence-corrected chi connectivity index (χ3v) is 5.22. The fourth-order valence-corrected chi connectivity index (χ4v) is 3.76. The van der Waals surface area contributed by atoms with Crippen molar-refractivity contribution in [1.82, 2.24) is 14.8 Å². The van der Waals surface area contributed by atoms with Crippen LogP contribution in [0.2, 0.25) is 0 Å². The lowest BCUT2D eigenvalue weighted by Crippen LogP contribution is -2.06. The highest BCUT2D eigenvalue weighted by molar-refractivity contribution is 7.99. The molecule has 0 aliphatic heterocycles. The van der Waals surface area contributed by atoms with Crippen LogP contribution in [-0.2, 0) is 13.0 Å². The molecule has 0 fully saturated rings. The van der Waals surface area contributed by atoms with E-state index in [9.17, 15) is 4.79 Å². The number of nitrogens with zero attached hydrogens (tertiary/aromatic N) is 3. The molecule has 0 saturated carbocycles. The summed E-state index contributed by atoms with van der Waals surface area (Å²) in [5.74, 6) is 2.92.